The summed E-state index contributed by atoms with van der Waals surface area (Å²) < 4.78 is 5.30. The topological polar surface area (TPSA) is 61.8 Å². The van der Waals surface area contributed by atoms with Gasteiger partial charge in [-0.2, -0.15) is 0 Å². The predicted octanol–water partition coefficient (Wildman–Crippen LogP) is 4.03. The van der Waals surface area contributed by atoms with Gasteiger partial charge in [-0.3, -0.25) is 0 Å². The number of para-hydroxylation sites is 1. The molecular weight excluding hydrogens is 351 g/mol. The number of carbonyl (C=O) groups excluding carboxylic acids is 1. The van der Waals surface area contributed by atoms with Crippen LogP contribution < -0.4 is 10.1 Å². The van der Waals surface area contributed by atoms with Gasteiger partial charge in [0, 0.05) is 17.1 Å². The van der Waals surface area contributed by atoms with Crippen molar-refractivity contribution in [2.24, 2.45) is 0 Å². The Bertz CT molecular complexity index is 710. The average molecular weight is 369 g/mol. The number of rotatable bonds is 6. The van der Waals surface area contributed by atoms with Gasteiger partial charge in [0.2, 0.25) is 0 Å². The molecule has 0 unspecified atom stereocenters. The van der Waals surface area contributed by atoms with Crippen LogP contribution in [0.4, 0.5) is 10.5 Å². The van der Waals surface area contributed by atoms with E-state index < -0.39 is 0 Å². The molecule has 24 heavy (non-hydrogen) atoms. The van der Waals surface area contributed by atoms with Crippen molar-refractivity contribution in [1.29, 1.82) is 0 Å². The minimum absolute atomic E-state index is 0.156. The molecule has 0 saturated carbocycles. The maximum absolute atomic E-state index is 12.5. The number of anilines is 1. The van der Waals surface area contributed by atoms with Crippen molar-refractivity contribution >= 4 is 34.9 Å². The Kier molecular flexibility index (Phi) is 6.73. The lowest BCUT2D eigenvalue weighted by molar-refractivity contribution is 0.184. The summed E-state index contributed by atoms with van der Waals surface area (Å²) in [6.45, 7) is 0.313. The summed E-state index contributed by atoms with van der Waals surface area (Å²) in [6, 6.07) is 11.8. The molecule has 5 nitrogen and oxygen atoms in total. The van der Waals surface area contributed by atoms with E-state index in [-0.39, 0.29) is 19.2 Å². The molecule has 0 bridgehead atoms. The first-order valence-electron chi connectivity index (χ1n) is 7.29. The lowest BCUT2D eigenvalue weighted by Crippen LogP contribution is -2.36. The number of ether oxygens (including phenoxy) is 1. The van der Waals surface area contributed by atoms with E-state index in [9.17, 15) is 9.90 Å². The Morgan fingerprint density at radius 2 is 2.00 bits per heavy atom. The molecule has 2 aromatic carbocycles. The first-order chi connectivity index (χ1) is 11.5. The van der Waals surface area contributed by atoms with Gasteiger partial charge in [0.1, 0.15) is 5.75 Å². The zero-order valence-electron chi connectivity index (χ0n) is 13.1. The number of aliphatic hydroxyl groups is 1. The number of hydrogen-bond donors (Lipinski definition) is 2. The van der Waals surface area contributed by atoms with E-state index in [0.29, 0.717) is 28.0 Å². The SMILES string of the molecule is COc1ccccc1CN(CCO)C(=O)Nc1ccc(Cl)cc1Cl. The van der Waals surface area contributed by atoms with E-state index in [1.165, 1.54) is 4.90 Å². The number of halogens is 2. The zero-order chi connectivity index (χ0) is 17.5. The Morgan fingerprint density at radius 3 is 2.67 bits per heavy atom. The maximum atomic E-state index is 12.5. The van der Waals surface area contributed by atoms with Gasteiger partial charge < -0.3 is 20.1 Å². The van der Waals surface area contributed by atoms with Crippen molar-refractivity contribution in [2.75, 3.05) is 25.6 Å². The molecule has 0 heterocycles. The molecule has 0 atom stereocenters. The van der Waals surface area contributed by atoms with Crippen LogP contribution in [-0.4, -0.2) is 36.3 Å². The smallest absolute Gasteiger partial charge is 0.322 e. The fraction of sp³-hybridized carbons (Fsp3) is 0.235. The number of methoxy groups -OCH3 is 1. The maximum Gasteiger partial charge on any atom is 0.322 e. The second kappa shape index (κ2) is 8.78. The predicted molar refractivity (Wildman–Crippen MR) is 96.0 cm³/mol. The third kappa shape index (κ3) is 4.77. The van der Waals surface area contributed by atoms with Crippen LogP contribution >= 0.6 is 23.2 Å². The van der Waals surface area contributed by atoms with Crippen LogP contribution in [-0.2, 0) is 6.54 Å². The Labute approximate surface area is 150 Å². The van der Waals surface area contributed by atoms with Gasteiger partial charge in [-0.1, -0.05) is 41.4 Å². The van der Waals surface area contributed by atoms with Crippen LogP contribution in [0.1, 0.15) is 5.56 Å². The third-order valence-electron chi connectivity index (χ3n) is 3.38. The summed E-state index contributed by atoms with van der Waals surface area (Å²) in [4.78, 5) is 14.0. The van der Waals surface area contributed by atoms with Crippen molar-refractivity contribution in [1.82, 2.24) is 4.90 Å². The Morgan fingerprint density at radius 1 is 1.25 bits per heavy atom. The minimum Gasteiger partial charge on any atom is -0.496 e. The van der Waals surface area contributed by atoms with Crippen LogP contribution in [0.25, 0.3) is 0 Å². The van der Waals surface area contributed by atoms with Crippen molar-refractivity contribution in [3.63, 3.8) is 0 Å². The number of carbonyl (C=O) groups is 1. The molecule has 0 aliphatic carbocycles. The van der Waals surface area contributed by atoms with Crippen LogP contribution in [0.3, 0.4) is 0 Å². The van der Waals surface area contributed by atoms with E-state index >= 15 is 0 Å². The minimum atomic E-state index is -0.376. The van der Waals surface area contributed by atoms with Gasteiger partial charge in [0.05, 0.1) is 31.0 Å². The number of amides is 2. The number of nitrogens with zero attached hydrogens (tertiary/aromatic N) is 1. The molecule has 2 N–H and O–H groups in total. The Balaban J connectivity index is 2.15. The third-order valence-corrected chi connectivity index (χ3v) is 3.93. The highest BCUT2D eigenvalue weighted by Gasteiger charge is 2.16. The van der Waals surface area contributed by atoms with Crippen LogP contribution in [0.5, 0.6) is 5.75 Å². The van der Waals surface area contributed by atoms with E-state index in [0.717, 1.165) is 5.56 Å². The quantitative estimate of drug-likeness (QED) is 0.808. The van der Waals surface area contributed by atoms with Crippen LogP contribution in [0, 0.1) is 0 Å². The van der Waals surface area contributed by atoms with Crippen LogP contribution in [0.15, 0.2) is 42.5 Å². The highest BCUT2D eigenvalue weighted by atomic mass is 35.5. The lowest BCUT2D eigenvalue weighted by atomic mass is 10.2. The van der Waals surface area contributed by atoms with E-state index in [1.807, 2.05) is 24.3 Å². The number of benzene rings is 2. The largest absolute Gasteiger partial charge is 0.496 e. The molecule has 0 saturated heterocycles. The number of aliphatic hydroxyl groups excluding tert-OH is 1. The fourth-order valence-electron chi connectivity index (χ4n) is 2.20. The highest BCUT2D eigenvalue weighted by Crippen LogP contribution is 2.26. The summed E-state index contributed by atoms with van der Waals surface area (Å²) in [5, 5.41) is 12.8. The van der Waals surface area contributed by atoms with Gasteiger partial charge in [-0.05, 0) is 24.3 Å². The summed E-state index contributed by atoms with van der Waals surface area (Å²) in [5.41, 5.74) is 1.29. The first-order valence-corrected chi connectivity index (χ1v) is 8.04. The second-order valence-corrected chi connectivity index (χ2v) is 5.85. The van der Waals surface area contributed by atoms with E-state index in [2.05, 4.69) is 5.32 Å². The summed E-state index contributed by atoms with van der Waals surface area (Å²) in [7, 11) is 1.57. The average Bonchev–Trinajstić information content (AvgIpc) is 2.57. The second-order valence-electron chi connectivity index (χ2n) is 5.01. The van der Waals surface area contributed by atoms with Crippen molar-refractivity contribution in [3.8, 4) is 5.75 Å². The molecule has 0 fully saturated rings. The molecule has 0 aliphatic rings. The molecule has 0 spiro atoms. The molecule has 0 radical (unpaired) electrons. The summed E-state index contributed by atoms with van der Waals surface area (Å²) in [6.07, 6.45) is 0. The Hall–Kier alpha value is -1.95. The van der Waals surface area contributed by atoms with Gasteiger partial charge in [0.25, 0.3) is 0 Å². The molecule has 7 heteroatoms. The lowest BCUT2D eigenvalue weighted by Gasteiger charge is -2.23. The number of urea groups is 1. The van der Waals surface area contributed by atoms with Crippen molar-refractivity contribution < 1.29 is 14.6 Å². The number of hydrogen-bond acceptors (Lipinski definition) is 3. The first kappa shape index (κ1) is 18.4. The van der Waals surface area contributed by atoms with Crippen molar-refractivity contribution in [2.45, 2.75) is 6.54 Å². The van der Waals surface area contributed by atoms with E-state index in [1.54, 1.807) is 25.3 Å². The monoisotopic (exact) mass is 368 g/mol. The van der Waals surface area contributed by atoms with E-state index in [4.69, 9.17) is 27.9 Å². The molecule has 2 amide bonds. The standard InChI is InChI=1S/C17H18Cl2N2O3/c1-24-16-5-3-2-4-12(16)11-21(8-9-22)17(23)20-15-7-6-13(18)10-14(15)19/h2-7,10,22H,8-9,11H2,1H3,(H,20,23). The highest BCUT2D eigenvalue weighted by molar-refractivity contribution is 6.36. The molecule has 128 valence electrons. The summed E-state index contributed by atoms with van der Waals surface area (Å²) in [5.74, 6) is 0.678. The van der Waals surface area contributed by atoms with Gasteiger partial charge in [-0.25, -0.2) is 4.79 Å². The van der Waals surface area contributed by atoms with Gasteiger partial charge >= 0.3 is 6.03 Å². The molecular formula is C17H18Cl2N2O3. The molecule has 2 rings (SSSR count). The summed E-state index contributed by atoms with van der Waals surface area (Å²) >= 11 is 11.9. The van der Waals surface area contributed by atoms with Crippen LogP contribution in [0.2, 0.25) is 10.0 Å². The zero-order valence-corrected chi connectivity index (χ0v) is 14.6. The normalized spacial score (nSPS) is 10.3. The fourth-order valence-corrected chi connectivity index (χ4v) is 2.65. The van der Waals surface area contributed by atoms with Gasteiger partial charge in [0.15, 0.2) is 0 Å². The van der Waals surface area contributed by atoms with Gasteiger partial charge in [-0.15, -0.1) is 0 Å². The molecule has 2 aromatic rings. The molecule has 0 aromatic heterocycles. The number of nitrogens with one attached hydrogen (secondary N) is 1. The molecule has 0 aliphatic heterocycles. The van der Waals surface area contributed by atoms with Crippen molar-refractivity contribution in [3.05, 3.63) is 58.1 Å².